The Labute approximate surface area is 115 Å². The molecule has 0 radical (unpaired) electrons. The zero-order valence-electron chi connectivity index (χ0n) is 12.2. The first-order chi connectivity index (χ1) is 8.81. The summed E-state index contributed by atoms with van der Waals surface area (Å²) in [5, 5.41) is 14.7. The molecule has 1 fully saturated rings. The van der Waals surface area contributed by atoms with Crippen molar-refractivity contribution in [3.05, 3.63) is 0 Å². The Morgan fingerprint density at radius 2 is 2.00 bits per heavy atom. The molecule has 2 amide bonds. The highest BCUT2D eigenvalue weighted by atomic mass is 16.4. The van der Waals surface area contributed by atoms with Gasteiger partial charge < -0.3 is 15.7 Å². The largest absolute Gasteiger partial charge is 0.481 e. The Morgan fingerprint density at radius 3 is 2.58 bits per heavy atom. The number of urea groups is 1. The zero-order valence-corrected chi connectivity index (χ0v) is 12.2. The first-order valence-electron chi connectivity index (χ1n) is 7.09. The van der Waals surface area contributed by atoms with Crippen LogP contribution >= 0.6 is 0 Å². The summed E-state index contributed by atoms with van der Waals surface area (Å²) in [7, 11) is 0. The molecule has 1 saturated carbocycles. The van der Waals surface area contributed by atoms with E-state index in [2.05, 4.69) is 17.6 Å². The number of carboxylic acids is 1. The van der Waals surface area contributed by atoms with Crippen molar-refractivity contribution in [2.45, 2.75) is 58.9 Å². The maximum absolute atomic E-state index is 11.7. The quantitative estimate of drug-likeness (QED) is 0.717. The monoisotopic (exact) mass is 270 g/mol. The van der Waals surface area contributed by atoms with Crippen molar-refractivity contribution in [2.75, 3.05) is 6.54 Å². The first kappa shape index (κ1) is 15.8. The van der Waals surface area contributed by atoms with E-state index >= 15 is 0 Å². The van der Waals surface area contributed by atoms with Gasteiger partial charge in [-0.15, -0.1) is 0 Å². The molecule has 2 unspecified atom stereocenters. The lowest BCUT2D eigenvalue weighted by Crippen LogP contribution is -2.45. The molecule has 2 atom stereocenters. The fourth-order valence-electron chi connectivity index (χ4n) is 2.40. The standard InChI is InChI=1S/C14H26N2O3/c1-10-5-4-6-11(9-10)16-13(19)15-8-7-14(2,3)12(17)18/h10-11H,4-9H2,1-3H3,(H,17,18)(H2,15,16,19). The number of amides is 2. The van der Waals surface area contributed by atoms with Crippen molar-refractivity contribution in [3.8, 4) is 0 Å². The Hall–Kier alpha value is -1.26. The first-order valence-corrected chi connectivity index (χ1v) is 7.09. The van der Waals surface area contributed by atoms with Gasteiger partial charge in [-0.25, -0.2) is 4.79 Å². The summed E-state index contributed by atoms with van der Waals surface area (Å²) < 4.78 is 0. The average Bonchev–Trinajstić information content (AvgIpc) is 2.28. The molecule has 0 heterocycles. The summed E-state index contributed by atoms with van der Waals surface area (Å²) in [5.74, 6) is -0.166. The summed E-state index contributed by atoms with van der Waals surface area (Å²) in [6.45, 7) is 5.92. The van der Waals surface area contributed by atoms with E-state index < -0.39 is 11.4 Å². The lowest BCUT2D eigenvalue weighted by atomic mass is 9.87. The van der Waals surface area contributed by atoms with Gasteiger partial charge in [0.25, 0.3) is 0 Å². The number of carbonyl (C=O) groups excluding carboxylic acids is 1. The second-order valence-electron chi connectivity index (χ2n) is 6.31. The normalized spacial score (nSPS) is 23.7. The minimum Gasteiger partial charge on any atom is -0.481 e. The molecule has 0 saturated heterocycles. The van der Waals surface area contributed by atoms with Gasteiger partial charge in [-0.1, -0.05) is 19.8 Å². The van der Waals surface area contributed by atoms with Gasteiger partial charge >= 0.3 is 12.0 Å². The summed E-state index contributed by atoms with van der Waals surface area (Å²) in [4.78, 5) is 22.6. The number of carbonyl (C=O) groups is 2. The number of hydrogen-bond donors (Lipinski definition) is 3. The molecule has 0 bridgehead atoms. The third-order valence-corrected chi connectivity index (χ3v) is 3.89. The van der Waals surface area contributed by atoms with Gasteiger partial charge in [-0.05, 0) is 39.0 Å². The summed E-state index contributed by atoms with van der Waals surface area (Å²) in [6, 6.07) is 0.0801. The molecule has 0 aromatic heterocycles. The van der Waals surface area contributed by atoms with Crippen LogP contribution in [0.4, 0.5) is 4.79 Å². The second-order valence-corrected chi connectivity index (χ2v) is 6.31. The van der Waals surface area contributed by atoms with Crippen molar-refractivity contribution < 1.29 is 14.7 Å². The van der Waals surface area contributed by atoms with Crippen LogP contribution in [0.1, 0.15) is 52.9 Å². The van der Waals surface area contributed by atoms with Gasteiger partial charge in [0.2, 0.25) is 0 Å². The molecular formula is C14H26N2O3. The van der Waals surface area contributed by atoms with Crippen molar-refractivity contribution in [3.63, 3.8) is 0 Å². The van der Waals surface area contributed by atoms with Crippen LogP contribution in [-0.4, -0.2) is 29.7 Å². The van der Waals surface area contributed by atoms with Crippen molar-refractivity contribution in [1.29, 1.82) is 0 Å². The van der Waals surface area contributed by atoms with E-state index in [4.69, 9.17) is 5.11 Å². The van der Waals surface area contributed by atoms with E-state index in [9.17, 15) is 9.59 Å². The number of aliphatic carboxylic acids is 1. The van der Waals surface area contributed by atoms with Gasteiger partial charge in [0.05, 0.1) is 5.41 Å². The molecule has 110 valence electrons. The van der Waals surface area contributed by atoms with E-state index in [0.717, 1.165) is 19.3 Å². The van der Waals surface area contributed by atoms with Gasteiger partial charge in [0.15, 0.2) is 0 Å². The SMILES string of the molecule is CC1CCCC(NC(=O)NCCC(C)(C)C(=O)O)C1. The van der Waals surface area contributed by atoms with E-state index in [1.165, 1.54) is 6.42 Å². The predicted molar refractivity (Wildman–Crippen MR) is 74.0 cm³/mol. The molecule has 0 aromatic rings. The van der Waals surface area contributed by atoms with Crippen molar-refractivity contribution >= 4 is 12.0 Å². The van der Waals surface area contributed by atoms with Gasteiger partial charge in [0, 0.05) is 12.6 Å². The van der Waals surface area contributed by atoms with E-state index in [1.807, 2.05) is 0 Å². The maximum atomic E-state index is 11.7. The maximum Gasteiger partial charge on any atom is 0.315 e. The Kier molecular flexibility index (Phi) is 5.63. The van der Waals surface area contributed by atoms with Gasteiger partial charge in [-0.3, -0.25) is 4.79 Å². The van der Waals surface area contributed by atoms with Crippen LogP contribution in [0.5, 0.6) is 0 Å². The van der Waals surface area contributed by atoms with Crippen LogP contribution in [0.2, 0.25) is 0 Å². The predicted octanol–water partition coefficient (Wildman–Crippen LogP) is 2.37. The topological polar surface area (TPSA) is 78.4 Å². The number of nitrogens with one attached hydrogen (secondary N) is 2. The second kappa shape index (κ2) is 6.78. The molecular weight excluding hydrogens is 244 g/mol. The minimum atomic E-state index is -0.837. The molecule has 3 N–H and O–H groups in total. The molecule has 1 aliphatic rings. The average molecular weight is 270 g/mol. The molecule has 19 heavy (non-hydrogen) atoms. The zero-order chi connectivity index (χ0) is 14.5. The van der Waals surface area contributed by atoms with Crippen molar-refractivity contribution in [2.24, 2.45) is 11.3 Å². The molecule has 0 aromatic carbocycles. The summed E-state index contributed by atoms with van der Waals surface area (Å²) in [5.41, 5.74) is -0.799. The fourth-order valence-corrected chi connectivity index (χ4v) is 2.40. The van der Waals surface area contributed by atoms with Crippen LogP contribution in [0.25, 0.3) is 0 Å². The highest BCUT2D eigenvalue weighted by molar-refractivity contribution is 5.75. The highest BCUT2D eigenvalue weighted by Gasteiger charge is 2.27. The van der Waals surface area contributed by atoms with E-state index in [0.29, 0.717) is 18.9 Å². The van der Waals surface area contributed by atoms with Crippen LogP contribution in [0.3, 0.4) is 0 Å². The summed E-state index contributed by atoms with van der Waals surface area (Å²) in [6.07, 6.45) is 4.91. The number of hydrogen-bond acceptors (Lipinski definition) is 2. The Bertz CT molecular complexity index is 329. The van der Waals surface area contributed by atoms with Gasteiger partial charge in [-0.2, -0.15) is 0 Å². The van der Waals surface area contributed by atoms with Crippen molar-refractivity contribution in [1.82, 2.24) is 10.6 Å². The fraction of sp³-hybridized carbons (Fsp3) is 0.857. The summed E-state index contributed by atoms with van der Waals surface area (Å²) >= 11 is 0. The molecule has 0 spiro atoms. The van der Waals surface area contributed by atoms with Crippen LogP contribution < -0.4 is 10.6 Å². The smallest absolute Gasteiger partial charge is 0.315 e. The Balaban J connectivity index is 2.23. The number of rotatable bonds is 5. The molecule has 5 heteroatoms. The molecule has 5 nitrogen and oxygen atoms in total. The lowest BCUT2D eigenvalue weighted by Gasteiger charge is -2.27. The molecule has 1 aliphatic carbocycles. The minimum absolute atomic E-state index is 0.180. The Morgan fingerprint density at radius 1 is 1.32 bits per heavy atom. The third kappa shape index (κ3) is 5.49. The van der Waals surface area contributed by atoms with E-state index in [-0.39, 0.29) is 12.1 Å². The van der Waals surface area contributed by atoms with Crippen LogP contribution in [0, 0.1) is 11.3 Å². The van der Waals surface area contributed by atoms with E-state index in [1.54, 1.807) is 13.8 Å². The number of carboxylic acid groups (broad SMARTS) is 1. The third-order valence-electron chi connectivity index (χ3n) is 3.89. The lowest BCUT2D eigenvalue weighted by molar-refractivity contribution is -0.147. The van der Waals surface area contributed by atoms with Crippen LogP contribution in [-0.2, 0) is 4.79 Å². The molecule has 1 rings (SSSR count). The molecule has 0 aliphatic heterocycles. The van der Waals surface area contributed by atoms with Crippen LogP contribution in [0.15, 0.2) is 0 Å². The van der Waals surface area contributed by atoms with Gasteiger partial charge in [0.1, 0.15) is 0 Å². The highest BCUT2D eigenvalue weighted by Crippen LogP contribution is 2.23.